The van der Waals surface area contributed by atoms with E-state index >= 15 is 0 Å². The normalized spacial score (nSPS) is 34.4. The van der Waals surface area contributed by atoms with Crippen molar-refractivity contribution in [1.29, 1.82) is 0 Å². The molecular weight excluding hydrogens is 411 g/mol. The van der Waals surface area contributed by atoms with Crippen molar-refractivity contribution in [2.45, 2.75) is 83.2 Å². The van der Waals surface area contributed by atoms with E-state index in [1.54, 1.807) is 0 Å². The Balaban J connectivity index is 1.67. The predicted octanol–water partition coefficient (Wildman–Crippen LogP) is 3.51. The van der Waals surface area contributed by atoms with Gasteiger partial charge in [0.1, 0.15) is 5.60 Å². The van der Waals surface area contributed by atoms with Crippen molar-refractivity contribution in [3.8, 4) is 0 Å². The molecule has 0 amide bonds. The molecule has 29 heavy (non-hydrogen) atoms. The second kappa shape index (κ2) is 7.37. The molecule has 0 radical (unpaired) electrons. The minimum absolute atomic E-state index is 0.242. The maximum atomic E-state index is 12.7. The van der Waals surface area contributed by atoms with Gasteiger partial charge in [0.25, 0.3) is 0 Å². The lowest BCUT2D eigenvalue weighted by Gasteiger charge is -2.61. The molecule has 4 fully saturated rings. The van der Waals surface area contributed by atoms with E-state index in [0.29, 0.717) is 29.4 Å². The highest BCUT2D eigenvalue weighted by Gasteiger charge is 2.60. The van der Waals surface area contributed by atoms with Crippen LogP contribution in [0.4, 0.5) is 13.2 Å². The van der Waals surface area contributed by atoms with Crippen molar-refractivity contribution in [2.24, 2.45) is 17.3 Å². The van der Waals surface area contributed by atoms with Crippen LogP contribution in [-0.2, 0) is 24.3 Å². The van der Waals surface area contributed by atoms with Crippen molar-refractivity contribution in [1.82, 2.24) is 4.72 Å². The molecule has 2 unspecified atom stereocenters. The third-order valence-electron chi connectivity index (χ3n) is 6.73. The SMILES string of the molecule is CCC(C)(C)C(=O)OC12CC3CC(CC(OCCS(=O)(=O)NC(F)(F)F)(C3)C1)C2. The fourth-order valence-corrected chi connectivity index (χ4v) is 6.22. The minimum Gasteiger partial charge on any atom is -0.459 e. The lowest BCUT2D eigenvalue weighted by molar-refractivity contribution is -0.236. The van der Waals surface area contributed by atoms with Crippen LogP contribution in [0.1, 0.15) is 65.7 Å². The average Bonchev–Trinajstić information content (AvgIpc) is 2.50. The standard InChI is InChI=1S/C19H30F3NO5S/c1-4-16(2,3)15(24)28-18-10-13-7-14(11-18)9-17(8-13,12-18)27-5-6-29(25,26)23-19(20,21)22/h13-14,23H,4-12H2,1-3H3. The van der Waals surface area contributed by atoms with E-state index in [1.807, 2.05) is 20.8 Å². The molecule has 0 aromatic rings. The number of carbonyl (C=O) groups is 1. The number of hydrogen-bond acceptors (Lipinski definition) is 5. The van der Waals surface area contributed by atoms with E-state index in [2.05, 4.69) is 0 Å². The Morgan fingerprint density at radius 1 is 1.10 bits per heavy atom. The summed E-state index contributed by atoms with van der Waals surface area (Å²) in [5.41, 5.74) is -1.83. The maximum Gasteiger partial charge on any atom is 0.470 e. The van der Waals surface area contributed by atoms with Crippen LogP contribution in [0.2, 0.25) is 0 Å². The third kappa shape index (κ3) is 5.25. The molecule has 0 aliphatic heterocycles. The van der Waals surface area contributed by atoms with Gasteiger partial charge >= 0.3 is 12.3 Å². The van der Waals surface area contributed by atoms with Crippen LogP contribution >= 0.6 is 0 Å². The molecule has 4 rings (SSSR count). The molecule has 4 saturated carbocycles. The van der Waals surface area contributed by atoms with Crippen molar-refractivity contribution < 1.29 is 35.9 Å². The summed E-state index contributed by atoms with van der Waals surface area (Å²) in [7, 11) is -4.52. The number of ether oxygens (including phenoxy) is 2. The van der Waals surface area contributed by atoms with Crippen molar-refractivity contribution >= 4 is 16.0 Å². The van der Waals surface area contributed by atoms with E-state index in [-0.39, 0.29) is 12.6 Å². The Hall–Kier alpha value is -0.870. The van der Waals surface area contributed by atoms with Gasteiger partial charge in [0, 0.05) is 6.42 Å². The molecule has 0 spiro atoms. The van der Waals surface area contributed by atoms with Crippen LogP contribution in [0.3, 0.4) is 0 Å². The summed E-state index contributed by atoms with van der Waals surface area (Å²) in [5.74, 6) is -0.370. The van der Waals surface area contributed by atoms with Crippen LogP contribution in [-0.4, -0.2) is 44.2 Å². The molecule has 168 valence electrons. The molecule has 4 aliphatic carbocycles. The Morgan fingerprint density at radius 2 is 1.66 bits per heavy atom. The number of halogens is 3. The fourth-order valence-electron chi connectivity index (χ4n) is 5.46. The largest absolute Gasteiger partial charge is 0.470 e. The van der Waals surface area contributed by atoms with Crippen molar-refractivity contribution in [2.75, 3.05) is 12.4 Å². The number of alkyl halides is 3. The van der Waals surface area contributed by atoms with Gasteiger partial charge in [-0.2, -0.15) is 13.2 Å². The molecule has 0 aromatic carbocycles. The van der Waals surface area contributed by atoms with Gasteiger partial charge in [-0.3, -0.25) is 4.79 Å². The highest BCUT2D eigenvalue weighted by molar-refractivity contribution is 7.89. The zero-order valence-corrected chi connectivity index (χ0v) is 17.9. The topological polar surface area (TPSA) is 81.7 Å². The lowest BCUT2D eigenvalue weighted by atomic mass is 9.52. The summed E-state index contributed by atoms with van der Waals surface area (Å²) in [6.07, 6.45) is 0.159. The maximum absolute atomic E-state index is 12.7. The second-order valence-electron chi connectivity index (χ2n) is 9.72. The van der Waals surface area contributed by atoms with Crippen LogP contribution in [0, 0.1) is 17.3 Å². The summed E-state index contributed by atoms with van der Waals surface area (Å²) in [5, 5.41) is 0. The number of sulfonamides is 1. The van der Waals surface area contributed by atoms with E-state index in [0.717, 1.165) is 32.1 Å². The molecular formula is C19H30F3NO5S. The summed E-state index contributed by atoms with van der Waals surface area (Å²) in [6, 6.07) is 0. The van der Waals surface area contributed by atoms with Crippen molar-refractivity contribution in [3.05, 3.63) is 0 Å². The van der Waals surface area contributed by atoms with Gasteiger partial charge in [-0.1, -0.05) is 6.92 Å². The quantitative estimate of drug-likeness (QED) is 0.461. The molecule has 4 bridgehead atoms. The molecule has 6 nitrogen and oxygen atoms in total. The Bertz CT molecular complexity index is 735. The molecule has 0 aromatic heterocycles. The average molecular weight is 442 g/mol. The first kappa shape index (κ1) is 22.8. The fraction of sp³-hybridized carbons (Fsp3) is 0.947. The van der Waals surface area contributed by atoms with Gasteiger partial charge in [-0.15, -0.1) is 4.72 Å². The van der Waals surface area contributed by atoms with Crippen LogP contribution < -0.4 is 4.72 Å². The van der Waals surface area contributed by atoms with Gasteiger partial charge in [0.05, 0.1) is 23.4 Å². The van der Waals surface area contributed by atoms with E-state index in [9.17, 15) is 26.4 Å². The van der Waals surface area contributed by atoms with E-state index in [1.165, 1.54) is 0 Å². The third-order valence-corrected chi connectivity index (χ3v) is 7.98. The smallest absolute Gasteiger partial charge is 0.459 e. The molecule has 0 heterocycles. The molecule has 4 aliphatic rings. The molecule has 2 atom stereocenters. The lowest BCUT2D eigenvalue weighted by Crippen LogP contribution is -2.62. The van der Waals surface area contributed by atoms with Gasteiger partial charge in [0.2, 0.25) is 10.0 Å². The van der Waals surface area contributed by atoms with Crippen molar-refractivity contribution in [3.63, 3.8) is 0 Å². The van der Waals surface area contributed by atoms with Gasteiger partial charge in [0.15, 0.2) is 0 Å². The molecule has 0 saturated heterocycles. The van der Waals surface area contributed by atoms with Gasteiger partial charge in [-0.25, -0.2) is 8.42 Å². The summed E-state index contributed by atoms with van der Waals surface area (Å²) < 4.78 is 72.8. The predicted molar refractivity (Wildman–Crippen MR) is 99.2 cm³/mol. The number of hydrogen-bond donors (Lipinski definition) is 1. The molecule has 10 heteroatoms. The molecule has 1 N–H and O–H groups in total. The summed E-state index contributed by atoms with van der Waals surface area (Å²) in [6.45, 7) is 5.30. The summed E-state index contributed by atoms with van der Waals surface area (Å²) in [4.78, 5) is 12.7. The highest BCUT2D eigenvalue weighted by Crippen LogP contribution is 2.60. The first-order valence-corrected chi connectivity index (χ1v) is 11.8. The Labute approximate surface area is 169 Å². The Kier molecular flexibility index (Phi) is 5.80. The Morgan fingerprint density at radius 3 is 2.17 bits per heavy atom. The second-order valence-corrected chi connectivity index (χ2v) is 11.6. The number of rotatable bonds is 8. The minimum atomic E-state index is -5.00. The number of nitrogens with one attached hydrogen (secondary N) is 1. The zero-order chi connectivity index (χ0) is 21.7. The zero-order valence-electron chi connectivity index (χ0n) is 17.1. The number of carbonyl (C=O) groups excluding carboxylic acids is 1. The van der Waals surface area contributed by atoms with E-state index < -0.39 is 38.7 Å². The van der Waals surface area contributed by atoms with Crippen LogP contribution in [0.5, 0.6) is 0 Å². The van der Waals surface area contributed by atoms with E-state index in [4.69, 9.17) is 9.47 Å². The van der Waals surface area contributed by atoms with Gasteiger partial charge < -0.3 is 9.47 Å². The summed E-state index contributed by atoms with van der Waals surface area (Å²) >= 11 is 0. The van der Waals surface area contributed by atoms with Crippen LogP contribution in [0.25, 0.3) is 0 Å². The highest BCUT2D eigenvalue weighted by atomic mass is 32.2. The van der Waals surface area contributed by atoms with Crippen LogP contribution in [0.15, 0.2) is 0 Å². The number of esters is 1. The van der Waals surface area contributed by atoms with Gasteiger partial charge in [-0.05, 0) is 64.2 Å². The first-order chi connectivity index (χ1) is 13.2. The monoisotopic (exact) mass is 441 g/mol. The first-order valence-electron chi connectivity index (χ1n) is 10.1.